The Balaban J connectivity index is 1.78. The highest BCUT2D eigenvalue weighted by Gasteiger charge is 2.37. The number of carbonyl (C=O) groups excluding carboxylic acids is 1. The van der Waals surface area contributed by atoms with E-state index in [1.54, 1.807) is 9.36 Å². The highest BCUT2D eigenvalue weighted by Crippen LogP contribution is 2.44. The van der Waals surface area contributed by atoms with Crippen LogP contribution in [0.4, 0.5) is 5.82 Å². The number of H-pyrrole nitrogens is 1. The average molecular weight is 464 g/mol. The van der Waals surface area contributed by atoms with Crippen LogP contribution in [0.2, 0.25) is 0 Å². The van der Waals surface area contributed by atoms with Crippen LogP contribution in [0.3, 0.4) is 0 Å². The Kier molecular flexibility index (Phi) is 5.97. The third-order valence-corrected chi connectivity index (χ3v) is 7.37. The second kappa shape index (κ2) is 8.43. The van der Waals surface area contributed by atoms with Crippen LogP contribution in [0, 0.1) is 13.8 Å². The fourth-order valence-corrected chi connectivity index (χ4v) is 5.96. The Morgan fingerprint density at radius 2 is 2.06 bits per heavy atom. The summed E-state index contributed by atoms with van der Waals surface area (Å²) in [5.41, 5.74) is 2.34. The molecular formula is C21H29N5O5S. The summed E-state index contributed by atoms with van der Waals surface area (Å²) in [6, 6.07) is -0.000247. The van der Waals surface area contributed by atoms with E-state index in [0.29, 0.717) is 24.4 Å². The van der Waals surface area contributed by atoms with Crippen molar-refractivity contribution in [2.45, 2.75) is 70.4 Å². The molecule has 2 aromatic heterocycles. The standard InChI is InChI=1S/C21H29N5O5S/c1-11-16(12(2)25(23-11)7-5-15(28)29)18-17-19(22-14(27)10-32-18)26(24-20(17)30)13-6-8-31-21(3,4)9-13/h13,18H,5-10H2,1-4H3,(H,22,27)(H,24,30)(H,28,29). The highest BCUT2D eigenvalue weighted by atomic mass is 32.2. The Hall–Kier alpha value is -2.53. The maximum absolute atomic E-state index is 13.2. The van der Waals surface area contributed by atoms with E-state index in [0.717, 1.165) is 23.4 Å². The average Bonchev–Trinajstić information content (AvgIpc) is 3.09. The third-order valence-electron chi connectivity index (χ3n) is 6.14. The number of nitrogens with zero attached hydrogens (tertiary/aromatic N) is 3. The van der Waals surface area contributed by atoms with Crippen molar-refractivity contribution in [1.29, 1.82) is 0 Å². The Labute approximate surface area is 189 Å². The number of nitrogens with one attached hydrogen (secondary N) is 2. The van der Waals surface area contributed by atoms with Crippen LogP contribution < -0.4 is 10.9 Å². The molecule has 1 saturated heterocycles. The number of carbonyl (C=O) groups is 2. The number of hydrogen-bond donors (Lipinski definition) is 3. The molecule has 2 aliphatic heterocycles. The van der Waals surface area contributed by atoms with E-state index in [-0.39, 0.29) is 47.1 Å². The van der Waals surface area contributed by atoms with E-state index in [4.69, 9.17) is 9.84 Å². The SMILES string of the molecule is Cc1nn(CCC(=O)O)c(C)c1C1SCC(=O)Nc2c1c(=O)[nH]n2C1CCOC(C)(C)C1. The number of aromatic amines is 1. The van der Waals surface area contributed by atoms with Gasteiger partial charge in [0.15, 0.2) is 0 Å². The fourth-order valence-electron chi connectivity index (χ4n) is 4.68. The van der Waals surface area contributed by atoms with Crippen molar-refractivity contribution in [1.82, 2.24) is 19.6 Å². The maximum Gasteiger partial charge on any atom is 0.305 e. The number of carboxylic acid groups (broad SMARTS) is 1. The van der Waals surface area contributed by atoms with Crippen molar-refractivity contribution < 1.29 is 19.4 Å². The third kappa shape index (κ3) is 4.23. The summed E-state index contributed by atoms with van der Waals surface area (Å²) in [5.74, 6) is -0.342. The summed E-state index contributed by atoms with van der Waals surface area (Å²) in [4.78, 5) is 36.8. The van der Waals surface area contributed by atoms with Gasteiger partial charge in [0.2, 0.25) is 5.91 Å². The van der Waals surface area contributed by atoms with Crippen LogP contribution in [-0.2, 0) is 20.9 Å². The van der Waals surface area contributed by atoms with Gasteiger partial charge in [0.25, 0.3) is 5.56 Å². The zero-order valence-electron chi connectivity index (χ0n) is 18.7. The molecule has 0 aliphatic carbocycles. The van der Waals surface area contributed by atoms with Gasteiger partial charge in [-0.15, -0.1) is 11.8 Å². The Morgan fingerprint density at radius 1 is 1.31 bits per heavy atom. The summed E-state index contributed by atoms with van der Waals surface area (Å²) in [7, 11) is 0. The fraction of sp³-hybridized carbons (Fsp3) is 0.619. The molecule has 0 aromatic carbocycles. The Bertz CT molecular complexity index is 1110. The molecule has 0 spiro atoms. The number of rotatable bonds is 5. The van der Waals surface area contributed by atoms with Crippen molar-refractivity contribution >= 4 is 29.5 Å². The van der Waals surface area contributed by atoms with E-state index in [2.05, 4.69) is 15.5 Å². The van der Waals surface area contributed by atoms with Gasteiger partial charge in [-0.05, 0) is 40.5 Å². The molecular weight excluding hydrogens is 434 g/mol. The van der Waals surface area contributed by atoms with E-state index in [9.17, 15) is 14.4 Å². The molecule has 3 N–H and O–H groups in total. The molecule has 0 radical (unpaired) electrons. The van der Waals surface area contributed by atoms with Gasteiger partial charge in [-0.3, -0.25) is 28.8 Å². The molecule has 174 valence electrons. The molecule has 4 rings (SSSR count). The van der Waals surface area contributed by atoms with Gasteiger partial charge >= 0.3 is 5.97 Å². The zero-order chi connectivity index (χ0) is 23.2. The molecule has 10 nitrogen and oxygen atoms in total. The van der Waals surface area contributed by atoms with Crippen molar-refractivity contribution in [2.24, 2.45) is 0 Å². The van der Waals surface area contributed by atoms with Crippen LogP contribution in [0.15, 0.2) is 4.79 Å². The Morgan fingerprint density at radius 3 is 2.75 bits per heavy atom. The zero-order valence-corrected chi connectivity index (χ0v) is 19.5. The van der Waals surface area contributed by atoms with Crippen LogP contribution >= 0.6 is 11.8 Å². The number of carboxylic acids is 1. The number of amides is 1. The van der Waals surface area contributed by atoms with Gasteiger partial charge in [-0.2, -0.15) is 5.10 Å². The van der Waals surface area contributed by atoms with Crippen molar-refractivity contribution in [3.8, 4) is 0 Å². The molecule has 2 aromatic rings. The molecule has 2 aliphatic rings. The first-order valence-corrected chi connectivity index (χ1v) is 11.8. The van der Waals surface area contributed by atoms with Crippen molar-refractivity contribution in [3.05, 3.63) is 32.9 Å². The first-order valence-electron chi connectivity index (χ1n) is 10.7. The normalized spacial score (nSPS) is 22.8. The number of anilines is 1. The van der Waals surface area contributed by atoms with Gasteiger partial charge in [-0.25, -0.2) is 0 Å². The number of aliphatic carboxylic acids is 1. The van der Waals surface area contributed by atoms with E-state index < -0.39 is 5.97 Å². The summed E-state index contributed by atoms with van der Waals surface area (Å²) >= 11 is 1.39. The number of aryl methyl sites for hydroxylation is 2. The lowest BCUT2D eigenvalue weighted by atomic mass is 9.94. The predicted octanol–water partition coefficient (Wildman–Crippen LogP) is 2.37. The molecule has 0 bridgehead atoms. The number of thioether (sulfide) groups is 1. The molecule has 2 atom stereocenters. The minimum atomic E-state index is -0.895. The molecule has 4 heterocycles. The minimum Gasteiger partial charge on any atom is -0.481 e. The monoisotopic (exact) mass is 463 g/mol. The first kappa shape index (κ1) is 22.7. The molecule has 11 heteroatoms. The van der Waals surface area contributed by atoms with E-state index in [1.165, 1.54) is 11.8 Å². The summed E-state index contributed by atoms with van der Waals surface area (Å²) in [6.07, 6.45) is 1.41. The van der Waals surface area contributed by atoms with Gasteiger partial charge in [0.05, 0.1) is 46.9 Å². The number of aromatic nitrogens is 4. The predicted molar refractivity (Wildman–Crippen MR) is 120 cm³/mol. The van der Waals surface area contributed by atoms with Crippen molar-refractivity contribution in [2.75, 3.05) is 17.7 Å². The van der Waals surface area contributed by atoms with Crippen LogP contribution in [0.25, 0.3) is 0 Å². The van der Waals surface area contributed by atoms with Crippen LogP contribution in [0.1, 0.15) is 66.9 Å². The molecule has 1 fully saturated rings. The second-order valence-corrected chi connectivity index (χ2v) is 10.1. The quantitative estimate of drug-likeness (QED) is 0.620. The molecule has 0 saturated carbocycles. The second-order valence-electron chi connectivity index (χ2n) is 9.02. The molecule has 2 unspecified atom stereocenters. The van der Waals surface area contributed by atoms with Crippen molar-refractivity contribution in [3.63, 3.8) is 0 Å². The largest absolute Gasteiger partial charge is 0.481 e. The van der Waals surface area contributed by atoms with Crippen LogP contribution in [0.5, 0.6) is 0 Å². The summed E-state index contributed by atoms with van der Waals surface area (Å²) < 4.78 is 9.30. The highest BCUT2D eigenvalue weighted by molar-refractivity contribution is 8.00. The first-order chi connectivity index (χ1) is 15.1. The van der Waals surface area contributed by atoms with Gasteiger partial charge in [-0.1, -0.05) is 0 Å². The number of fused-ring (bicyclic) bond motifs is 1. The molecule has 1 amide bonds. The van der Waals surface area contributed by atoms with E-state index in [1.807, 2.05) is 27.7 Å². The van der Waals surface area contributed by atoms with Gasteiger partial charge < -0.3 is 15.2 Å². The lowest BCUT2D eigenvalue weighted by Gasteiger charge is -2.36. The molecule has 32 heavy (non-hydrogen) atoms. The summed E-state index contributed by atoms with van der Waals surface area (Å²) in [6.45, 7) is 8.60. The number of hydrogen-bond acceptors (Lipinski definition) is 6. The minimum absolute atomic E-state index is 0.000247. The van der Waals surface area contributed by atoms with Crippen LogP contribution in [-0.4, -0.2) is 54.5 Å². The van der Waals surface area contributed by atoms with Gasteiger partial charge in [0.1, 0.15) is 5.82 Å². The lowest BCUT2D eigenvalue weighted by Crippen LogP contribution is -2.36. The maximum atomic E-state index is 13.2. The smallest absolute Gasteiger partial charge is 0.305 e. The van der Waals surface area contributed by atoms with E-state index >= 15 is 0 Å². The van der Waals surface area contributed by atoms with Gasteiger partial charge in [0, 0.05) is 17.9 Å². The number of ether oxygens (including phenoxy) is 1. The lowest BCUT2D eigenvalue weighted by molar-refractivity contribution is -0.137. The summed E-state index contributed by atoms with van der Waals surface area (Å²) in [5, 5.41) is 19.1. The topological polar surface area (TPSA) is 131 Å².